The molecule has 5 rings (SSSR count). The lowest BCUT2D eigenvalue weighted by molar-refractivity contribution is 0.116. The van der Waals surface area contributed by atoms with Crippen molar-refractivity contribution < 1.29 is 4.74 Å². The number of hydrogen-bond donors (Lipinski definition) is 0. The number of nitrogens with zero attached hydrogens (tertiary/aromatic N) is 6. The molecule has 8 nitrogen and oxygen atoms in total. The molecule has 1 saturated heterocycles. The Bertz CT molecular complexity index is 1100. The molecular formula is C22H26N6O2. The molecule has 2 fully saturated rings. The minimum Gasteiger partial charge on any atom is -0.474 e. The topological polar surface area (TPSA) is 76.4 Å². The largest absolute Gasteiger partial charge is 0.474 e. The van der Waals surface area contributed by atoms with Crippen molar-refractivity contribution in [1.29, 1.82) is 0 Å². The van der Waals surface area contributed by atoms with Crippen molar-refractivity contribution in [2.75, 3.05) is 31.1 Å². The standard InChI is InChI=1S/C22H26N6O2/c1-26-17(12-23-13-21(26)29)14-27-7-9-28(10-8-27)16-5-6-20-19(11-16)22(25-15-24-20)30-18-3-2-4-18/h5-6,11-13,15,18H,2-4,7-10,14H2,1H3. The molecule has 0 amide bonds. The van der Waals surface area contributed by atoms with Crippen molar-refractivity contribution >= 4 is 16.6 Å². The molecule has 3 heterocycles. The van der Waals surface area contributed by atoms with E-state index in [0.29, 0.717) is 12.0 Å². The number of rotatable bonds is 5. The number of benzene rings is 1. The molecule has 0 radical (unpaired) electrons. The van der Waals surface area contributed by atoms with E-state index < -0.39 is 0 Å². The van der Waals surface area contributed by atoms with Gasteiger partial charge in [0, 0.05) is 51.7 Å². The number of fused-ring (bicyclic) bond motifs is 1. The lowest BCUT2D eigenvalue weighted by Crippen LogP contribution is -2.46. The fourth-order valence-corrected chi connectivity index (χ4v) is 4.00. The first-order chi connectivity index (χ1) is 14.7. The van der Waals surface area contributed by atoms with Gasteiger partial charge in [0.05, 0.1) is 22.8 Å². The minimum absolute atomic E-state index is 0.0653. The number of piperazine rings is 1. The van der Waals surface area contributed by atoms with Crippen LogP contribution in [0.3, 0.4) is 0 Å². The van der Waals surface area contributed by atoms with Crippen LogP contribution in [-0.2, 0) is 13.6 Å². The second-order valence-corrected chi connectivity index (χ2v) is 8.11. The summed E-state index contributed by atoms with van der Waals surface area (Å²) in [6, 6.07) is 6.34. The SMILES string of the molecule is Cn1c(CN2CCN(c3ccc4ncnc(OC5CCC5)c4c3)CC2)cncc1=O. The zero-order valence-corrected chi connectivity index (χ0v) is 17.2. The quantitative estimate of drug-likeness (QED) is 0.641. The number of ether oxygens (including phenoxy) is 1. The van der Waals surface area contributed by atoms with Gasteiger partial charge in [-0.05, 0) is 37.5 Å². The average molecular weight is 406 g/mol. The predicted molar refractivity (Wildman–Crippen MR) is 115 cm³/mol. The van der Waals surface area contributed by atoms with E-state index >= 15 is 0 Å². The third kappa shape index (κ3) is 3.75. The summed E-state index contributed by atoms with van der Waals surface area (Å²) >= 11 is 0. The Labute approximate surface area is 175 Å². The number of hydrogen-bond acceptors (Lipinski definition) is 7. The fraction of sp³-hybridized carbons (Fsp3) is 0.455. The van der Waals surface area contributed by atoms with Gasteiger partial charge in [0.1, 0.15) is 12.4 Å². The highest BCUT2D eigenvalue weighted by atomic mass is 16.5. The third-order valence-electron chi connectivity index (χ3n) is 6.21. The summed E-state index contributed by atoms with van der Waals surface area (Å²) in [5.74, 6) is 0.697. The van der Waals surface area contributed by atoms with Gasteiger partial charge in [-0.25, -0.2) is 9.97 Å². The van der Waals surface area contributed by atoms with E-state index in [1.54, 1.807) is 24.1 Å². The molecule has 0 spiro atoms. The predicted octanol–water partition coefficient (Wildman–Crippen LogP) is 1.98. The number of anilines is 1. The molecule has 2 aliphatic rings. The molecule has 1 aliphatic heterocycles. The van der Waals surface area contributed by atoms with Crippen molar-refractivity contribution in [2.24, 2.45) is 7.05 Å². The van der Waals surface area contributed by atoms with Crippen LogP contribution in [0, 0.1) is 0 Å². The summed E-state index contributed by atoms with van der Waals surface area (Å²) in [6.07, 6.45) is 8.45. The smallest absolute Gasteiger partial charge is 0.268 e. The molecule has 2 aromatic heterocycles. The van der Waals surface area contributed by atoms with Crippen LogP contribution in [-0.4, -0.2) is 56.7 Å². The first kappa shape index (κ1) is 19.0. The summed E-state index contributed by atoms with van der Waals surface area (Å²) in [7, 11) is 1.80. The summed E-state index contributed by atoms with van der Waals surface area (Å²) in [5.41, 5.74) is 2.96. The molecule has 1 saturated carbocycles. The highest BCUT2D eigenvalue weighted by Crippen LogP contribution is 2.31. The lowest BCUT2D eigenvalue weighted by atomic mass is 9.96. The van der Waals surface area contributed by atoms with Gasteiger partial charge in [0.25, 0.3) is 5.56 Å². The van der Waals surface area contributed by atoms with Gasteiger partial charge in [-0.15, -0.1) is 0 Å². The van der Waals surface area contributed by atoms with Crippen molar-refractivity contribution in [3.8, 4) is 5.88 Å². The summed E-state index contributed by atoms with van der Waals surface area (Å²) < 4.78 is 7.77. The highest BCUT2D eigenvalue weighted by molar-refractivity contribution is 5.86. The Morgan fingerprint density at radius 3 is 2.70 bits per heavy atom. The van der Waals surface area contributed by atoms with Gasteiger partial charge in [-0.2, -0.15) is 0 Å². The van der Waals surface area contributed by atoms with E-state index in [4.69, 9.17) is 4.74 Å². The van der Waals surface area contributed by atoms with Crippen LogP contribution in [0.1, 0.15) is 25.0 Å². The van der Waals surface area contributed by atoms with E-state index in [-0.39, 0.29) is 5.56 Å². The molecule has 8 heteroatoms. The molecule has 0 bridgehead atoms. The zero-order valence-electron chi connectivity index (χ0n) is 17.2. The molecule has 3 aromatic rings. The Hall–Kier alpha value is -3.00. The average Bonchev–Trinajstić information content (AvgIpc) is 2.74. The Kier molecular flexibility index (Phi) is 5.08. The first-order valence-electron chi connectivity index (χ1n) is 10.6. The van der Waals surface area contributed by atoms with Gasteiger partial charge in [0.2, 0.25) is 5.88 Å². The maximum atomic E-state index is 11.8. The zero-order chi connectivity index (χ0) is 20.5. The molecule has 156 valence electrons. The second kappa shape index (κ2) is 8.02. The van der Waals surface area contributed by atoms with E-state index in [2.05, 4.69) is 43.0 Å². The summed E-state index contributed by atoms with van der Waals surface area (Å²) in [4.78, 5) is 29.4. The van der Waals surface area contributed by atoms with Crippen molar-refractivity contribution in [3.05, 3.63) is 53.0 Å². The maximum Gasteiger partial charge on any atom is 0.268 e. The van der Waals surface area contributed by atoms with Crippen molar-refractivity contribution in [2.45, 2.75) is 31.9 Å². The lowest BCUT2D eigenvalue weighted by Gasteiger charge is -2.36. The minimum atomic E-state index is -0.0653. The van der Waals surface area contributed by atoms with Crippen LogP contribution in [0.4, 0.5) is 5.69 Å². The second-order valence-electron chi connectivity index (χ2n) is 8.11. The highest BCUT2D eigenvalue weighted by Gasteiger charge is 2.22. The van der Waals surface area contributed by atoms with Gasteiger partial charge in [0.15, 0.2) is 0 Å². The normalized spacial score (nSPS) is 17.8. The van der Waals surface area contributed by atoms with Crippen LogP contribution in [0.15, 0.2) is 41.7 Å². The molecule has 30 heavy (non-hydrogen) atoms. The van der Waals surface area contributed by atoms with Crippen LogP contribution in [0.2, 0.25) is 0 Å². The van der Waals surface area contributed by atoms with Crippen LogP contribution < -0.4 is 15.2 Å². The fourth-order valence-electron chi connectivity index (χ4n) is 4.00. The number of aromatic nitrogens is 4. The van der Waals surface area contributed by atoms with E-state index in [1.165, 1.54) is 18.3 Å². The Morgan fingerprint density at radius 2 is 1.93 bits per heavy atom. The molecule has 0 atom stereocenters. The molecular weight excluding hydrogens is 380 g/mol. The van der Waals surface area contributed by atoms with Gasteiger partial charge < -0.3 is 14.2 Å². The van der Waals surface area contributed by atoms with Crippen molar-refractivity contribution in [3.63, 3.8) is 0 Å². The van der Waals surface area contributed by atoms with Gasteiger partial charge >= 0.3 is 0 Å². The summed E-state index contributed by atoms with van der Waals surface area (Å²) in [6.45, 7) is 4.44. The Morgan fingerprint density at radius 1 is 1.10 bits per heavy atom. The summed E-state index contributed by atoms with van der Waals surface area (Å²) in [5, 5.41) is 0.981. The molecule has 0 N–H and O–H groups in total. The van der Waals surface area contributed by atoms with Gasteiger partial charge in [-0.1, -0.05) is 0 Å². The van der Waals surface area contributed by atoms with Crippen LogP contribution >= 0.6 is 0 Å². The van der Waals surface area contributed by atoms with Gasteiger partial charge in [-0.3, -0.25) is 14.7 Å². The maximum absolute atomic E-state index is 11.8. The molecule has 0 unspecified atom stereocenters. The van der Waals surface area contributed by atoms with E-state index in [9.17, 15) is 4.79 Å². The first-order valence-corrected chi connectivity index (χ1v) is 10.6. The molecule has 1 aliphatic carbocycles. The van der Waals surface area contributed by atoms with Crippen LogP contribution in [0.5, 0.6) is 5.88 Å². The third-order valence-corrected chi connectivity index (χ3v) is 6.21. The monoisotopic (exact) mass is 406 g/mol. The Balaban J connectivity index is 1.29. The van der Waals surface area contributed by atoms with E-state index in [0.717, 1.165) is 62.2 Å². The molecule has 1 aromatic carbocycles. The van der Waals surface area contributed by atoms with Crippen molar-refractivity contribution in [1.82, 2.24) is 24.4 Å². The van der Waals surface area contributed by atoms with Crippen LogP contribution in [0.25, 0.3) is 10.9 Å². The van der Waals surface area contributed by atoms with E-state index in [1.807, 2.05) is 0 Å².